The SMILES string of the molecule is CCC(c1nnnn1Cc1ccccc1)N(Cc1cccs1)Cc1cc2ccc(C)cc2[nH]c1=O. The number of tetrazole rings is 1. The summed E-state index contributed by atoms with van der Waals surface area (Å²) >= 11 is 1.72. The van der Waals surface area contributed by atoms with E-state index in [0.29, 0.717) is 19.6 Å². The predicted octanol–water partition coefficient (Wildman–Crippen LogP) is 5.09. The Labute approximate surface area is 208 Å². The van der Waals surface area contributed by atoms with Gasteiger partial charge in [-0.2, -0.15) is 0 Å². The number of nitrogens with one attached hydrogen (secondary N) is 1. The van der Waals surface area contributed by atoms with E-state index in [1.807, 2.05) is 41.9 Å². The average Bonchev–Trinajstić information content (AvgIpc) is 3.53. The van der Waals surface area contributed by atoms with Gasteiger partial charge in [-0.15, -0.1) is 16.4 Å². The minimum atomic E-state index is -0.0574. The number of fused-ring (bicyclic) bond motifs is 1. The summed E-state index contributed by atoms with van der Waals surface area (Å²) in [5.41, 5.74) is 3.80. The molecule has 5 rings (SSSR count). The molecule has 3 aromatic heterocycles. The zero-order valence-corrected chi connectivity index (χ0v) is 20.7. The van der Waals surface area contributed by atoms with Gasteiger partial charge in [-0.3, -0.25) is 9.69 Å². The Morgan fingerprint density at radius 3 is 2.69 bits per heavy atom. The van der Waals surface area contributed by atoms with Crippen LogP contribution in [-0.4, -0.2) is 30.1 Å². The molecule has 0 spiro atoms. The van der Waals surface area contributed by atoms with Crippen molar-refractivity contribution in [3.8, 4) is 0 Å². The zero-order valence-electron chi connectivity index (χ0n) is 19.9. The lowest BCUT2D eigenvalue weighted by Gasteiger charge is -2.30. The lowest BCUT2D eigenvalue weighted by molar-refractivity contribution is 0.163. The Bertz CT molecular complexity index is 1460. The van der Waals surface area contributed by atoms with E-state index in [1.54, 1.807) is 11.3 Å². The molecule has 1 N–H and O–H groups in total. The fraction of sp³-hybridized carbons (Fsp3) is 0.259. The van der Waals surface area contributed by atoms with Crippen LogP contribution in [-0.2, 0) is 19.6 Å². The van der Waals surface area contributed by atoms with Crippen LogP contribution < -0.4 is 5.56 Å². The lowest BCUT2D eigenvalue weighted by atomic mass is 10.1. The lowest BCUT2D eigenvalue weighted by Crippen LogP contribution is -2.32. The number of aromatic nitrogens is 5. The first-order valence-electron chi connectivity index (χ1n) is 11.8. The molecule has 7 nitrogen and oxygen atoms in total. The Kier molecular flexibility index (Phi) is 6.83. The number of nitrogens with zero attached hydrogens (tertiary/aromatic N) is 5. The van der Waals surface area contributed by atoms with Crippen LogP contribution in [0.25, 0.3) is 10.9 Å². The number of H-pyrrole nitrogens is 1. The molecular weight excluding hydrogens is 456 g/mol. The number of rotatable bonds is 9. The van der Waals surface area contributed by atoms with Gasteiger partial charge in [0, 0.05) is 29.0 Å². The number of thiophene rings is 1. The minimum Gasteiger partial charge on any atom is -0.322 e. The van der Waals surface area contributed by atoms with Gasteiger partial charge in [0.1, 0.15) is 0 Å². The van der Waals surface area contributed by atoms with Crippen LogP contribution in [0, 0.1) is 6.92 Å². The Morgan fingerprint density at radius 2 is 1.91 bits per heavy atom. The molecule has 2 aromatic carbocycles. The van der Waals surface area contributed by atoms with E-state index in [2.05, 4.69) is 74.1 Å². The number of pyridine rings is 1. The molecule has 5 aromatic rings. The first-order valence-corrected chi connectivity index (χ1v) is 12.7. The van der Waals surface area contributed by atoms with Gasteiger partial charge in [-0.05, 0) is 63.9 Å². The van der Waals surface area contributed by atoms with Gasteiger partial charge in [0.25, 0.3) is 5.56 Å². The summed E-state index contributed by atoms with van der Waals surface area (Å²) in [5, 5.41) is 15.9. The summed E-state index contributed by atoms with van der Waals surface area (Å²) in [6.45, 7) is 5.97. The van der Waals surface area contributed by atoms with E-state index in [4.69, 9.17) is 0 Å². The van der Waals surface area contributed by atoms with Crippen LogP contribution >= 0.6 is 11.3 Å². The topological polar surface area (TPSA) is 79.7 Å². The monoisotopic (exact) mass is 484 g/mol. The van der Waals surface area contributed by atoms with Gasteiger partial charge >= 0.3 is 0 Å². The molecule has 0 saturated carbocycles. The third-order valence-electron chi connectivity index (χ3n) is 6.25. The van der Waals surface area contributed by atoms with Crippen molar-refractivity contribution in [2.24, 2.45) is 0 Å². The Hall–Kier alpha value is -3.62. The molecule has 1 atom stereocenters. The van der Waals surface area contributed by atoms with Crippen LogP contribution in [0.15, 0.2) is 76.9 Å². The number of hydrogen-bond donors (Lipinski definition) is 1. The fourth-order valence-electron chi connectivity index (χ4n) is 4.50. The Morgan fingerprint density at radius 1 is 1.06 bits per heavy atom. The van der Waals surface area contributed by atoms with Gasteiger partial charge < -0.3 is 4.98 Å². The highest BCUT2D eigenvalue weighted by Crippen LogP contribution is 2.28. The van der Waals surface area contributed by atoms with Crippen molar-refractivity contribution in [1.29, 1.82) is 0 Å². The molecule has 1 unspecified atom stereocenters. The normalized spacial score (nSPS) is 12.4. The number of aryl methyl sites for hydroxylation is 1. The maximum Gasteiger partial charge on any atom is 0.252 e. The van der Waals surface area contributed by atoms with Crippen LogP contribution in [0.5, 0.6) is 0 Å². The van der Waals surface area contributed by atoms with E-state index in [0.717, 1.165) is 39.8 Å². The second-order valence-electron chi connectivity index (χ2n) is 8.80. The van der Waals surface area contributed by atoms with E-state index in [1.165, 1.54) is 4.88 Å². The van der Waals surface area contributed by atoms with Crippen molar-refractivity contribution in [3.63, 3.8) is 0 Å². The summed E-state index contributed by atoms with van der Waals surface area (Å²) in [5.74, 6) is 0.806. The number of aromatic amines is 1. The molecule has 35 heavy (non-hydrogen) atoms. The molecule has 0 aliphatic carbocycles. The smallest absolute Gasteiger partial charge is 0.252 e. The summed E-state index contributed by atoms with van der Waals surface area (Å²) in [4.78, 5) is 19.7. The highest BCUT2D eigenvalue weighted by Gasteiger charge is 2.26. The van der Waals surface area contributed by atoms with Crippen molar-refractivity contribution in [1.82, 2.24) is 30.1 Å². The third-order valence-corrected chi connectivity index (χ3v) is 7.11. The van der Waals surface area contributed by atoms with Crippen LogP contribution in [0.4, 0.5) is 0 Å². The molecular formula is C27H28N6OS. The average molecular weight is 485 g/mol. The molecule has 0 saturated heterocycles. The van der Waals surface area contributed by atoms with Crippen LogP contribution in [0.2, 0.25) is 0 Å². The number of hydrogen-bond acceptors (Lipinski definition) is 6. The van der Waals surface area contributed by atoms with Gasteiger partial charge in [0.15, 0.2) is 5.82 Å². The fourth-order valence-corrected chi connectivity index (χ4v) is 5.23. The predicted molar refractivity (Wildman–Crippen MR) is 139 cm³/mol. The molecule has 0 aliphatic rings. The van der Waals surface area contributed by atoms with E-state index >= 15 is 0 Å². The zero-order chi connectivity index (χ0) is 24.2. The van der Waals surface area contributed by atoms with Crippen LogP contribution in [0.1, 0.15) is 46.8 Å². The molecule has 3 heterocycles. The third kappa shape index (κ3) is 5.23. The largest absolute Gasteiger partial charge is 0.322 e. The van der Waals surface area contributed by atoms with Crippen LogP contribution in [0.3, 0.4) is 0 Å². The van der Waals surface area contributed by atoms with Crippen molar-refractivity contribution in [3.05, 3.63) is 110 Å². The van der Waals surface area contributed by atoms with E-state index in [-0.39, 0.29) is 11.6 Å². The van der Waals surface area contributed by atoms with Crippen molar-refractivity contribution < 1.29 is 0 Å². The maximum absolute atomic E-state index is 13.1. The standard InChI is InChI=1S/C27H28N6OS/c1-3-25(26-29-30-31-33(26)16-20-8-5-4-6-9-20)32(18-23-10-7-13-35-23)17-22-15-21-12-11-19(2)14-24(21)28-27(22)34/h4-15,25H,3,16-18H2,1-2H3,(H,28,34). The maximum atomic E-state index is 13.1. The summed E-state index contributed by atoms with van der Waals surface area (Å²) in [6, 6.07) is 22.5. The quantitative estimate of drug-likeness (QED) is 0.315. The highest BCUT2D eigenvalue weighted by atomic mass is 32.1. The minimum absolute atomic E-state index is 0.0519. The van der Waals surface area contributed by atoms with Gasteiger partial charge in [0.2, 0.25) is 0 Å². The summed E-state index contributed by atoms with van der Waals surface area (Å²) in [7, 11) is 0. The first kappa shape index (κ1) is 23.1. The molecule has 0 amide bonds. The van der Waals surface area contributed by atoms with Gasteiger partial charge in [-0.1, -0.05) is 55.5 Å². The van der Waals surface area contributed by atoms with Crippen molar-refractivity contribution >= 4 is 22.2 Å². The molecule has 0 bridgehead atoms. The van der Waals surface area contributed by atoms with E-state index in [9.17, 15) is 4.79 Å². The van der Waals surface area contributed by atoms with E-state index < -0.39 is 0 Å². The van der Waals surface area contributed by atoms with Crippen molar-refractivity contribution in [2.75, 3.05) is 0 Å². The molecule has 0 fully saturated rings. The second kappa shape index (κ2) is 10.3. The number of benzene rings is 2. The molecule has 8 heteroatoms. The van der Waals surface area contributed by atoms with Gasteiger partial charge in [-0.25, -0.2) is 4.68 Å². The first-order chi connectivity index (χ1) is 17.1. The Balaban J connectivity index is 1.50. The molecule has 0 aliphatic heterocycles. The second-order valence-corrected chi connectivity index (χ2v) is 9.84. The summed E-state index contributed by atoms with van der Waals surface area (Å²) in [6.07, 6.45) is 0.811. The summed E-state index contributed by atoms with van der Waals surface area (Å²) < 4.78 is 1.87. The van der Waals surface area contributed by atoms with Crippen molar-refractivity contribution in [2.45, 2.75) is 45.9 Å². The van der Waals surface area contributed by atoms with Gasteiger partial charge in [0.05, 0.1) is 12.6 Å². The molecule has 178 valence electrons. The molecule has 0 radical (unpaired) electrons. The highest BCUT2D eigenvalue weighted by molar-refractivity contribution is 7.09.